The van der Waals surface area contributed by atoms with E-state index in [1.54, 1.807) is 0 Å². The van der Waals surface area contributed by atoms with Gasteiger partial charge in [-0.25, -0.2) is 0 Å². The number of rotatable bonds is 2. The molecule has 0 radical (unpaired) electrons. The lowest BCUT2D eigenvalue weighted by Crippen LogP contribution is -2.37. The molecule has 2 rings (SSSR count). The number of hydrogen-bond acceptors (Lipinski definition) is 2. The number of piperidine rings is 1. The van der Waals surface area contributed by atoms with Crippen molar-refractivity contribution in [2.24, 2.45) is 0 Å². The fraction of sp³-hybridized carbons (Fsp3) is 0.538. The summed E-state index contributed by atoms with van der Waals surface area (Å²) in [6.45, 7) is 6.11. The molecule has 0 aromatic heterocycles. The van der Waals surface area contributed by atoms with E-state index >= 15 is 0 Å². The van der Waals surface area contributed by atoms with E-state index in [2.05, 4.69) is 11.4 Å². The third-order valence-electron chi connectivity index (χ3n) is 2.91. The Morgan fingerprint density at radius 2 is 2.19 bits per heavy atom. The average molecular weight is 240 g/mol. The molecule has 1 aliphatic rings. The van der Waals surface area contributed by atoms with Crippen LogP contribution in [0, 0.1) is 13.8 Å². The van der Waals surface area contributed by atoms with Crippen molar-refractivity contribution in [1.29, 1.82) is 0 Å². The van der Waals surface area contributed by atoms with E-state index in [0.717, 1.165) is 35.8 Å². The summed E-state index contributed by atoms with van der Waals surface area (Å²) < 4.78 is 5.98. The summed E-state index contributed by atoms with van der Waals surface area (Å²) >= 11 is 6.21. The minimum absolute atomic E-state index is 0.257. The van der Waals surface area contributed by atoms with Crippen molar-refractivity contribution in [1.82, 2.24) is 5.32 Å². The van der Waals surface area contributed by atoms with Crippen molar-refractivity contribution >= 4 is 11.6 Å². The molecule has 0 unspecified atom stereocenters. The van der Waals surface area contributed by atoms with Crippen LogP contribution >= 0.6 is 11.6 Å². The lowest BCUT2D eigenvalue weighted by molar-refractivity contribution is 0.166. The Kier molecular flexibility index (Phi) is 3.72. The number of ether oxygens (including phenoxy) is 1. The van der Waals surface area contributed by atoms with Crippen LogP contribution in [0.4, 0.5) is 0 Å². The molecule has 88 valence electrons. The van der Waals surface area contributed by atoms with Gasteiger partial charge in [-0.05, 0) is 50.4 Å². The molecule has 2 nitrogen and oxygen atoms in total. The first-order valence-corrected chi connectivity index (χ1v) is 6.19. The average Bonchev–Trinajstić information content (AvgIpc) is 2.25. The minimum Gasteiger partial charge on any atom is -0.487 e. The van der Waals surface area contributed by atoms with E-state index in [1.165, 1.54) is 12.0 Å². The predicted octanol–water partition coefficient (Wildman–Crippen LogP) is 3.09. The highest BCUT2D eigenvalue weighted by atomic mass is 35.5. The first kappa shape index (κ1) is 11.7. The standard InChI is InChI=1S/C13H18ClNO/c1-9-6-10(2)13(12(14)7-9)16-11-4-3-5-15-8-11/h6-7,11,15H,3-5,8H2,1-2H3/t11-/m0/s1. The third-order valence-corrected chi connectivity index (χ3v) is 3.19. The van der Waals surface area contributed by atoms with Crippen molar-refractivity contribution in [3.8, 4) is 5.75 Å². The smallest absolute Gasteiger partial charge is 0.141 e. The highest BCUT2D eigenvalue weighted by molar-refractivity contribution is 6.32. The predicted molar refractivity (Wildman–Crippen MR) is 67.4 cm³/mol. The van der Waals surface area contributed by atoms with E-state index in [9.17, 15) is 0 Å². The lowest BCUT2D eigenvalue weighted by Gasteiger charge is -2.25. The number of halogens is 1. The molecule has 1 heterocycles. The summed E-state index contributed by atoms with van der Waals surface area (Å²) in [5.74, 6) is 0.848. The van der Waals surface area contributed by atoms with Gasteiger partial charge in [-0.15, -0.1) is 0 Å². The largest absolute Gasteiger partial charge is 0.487 e. The zero-order valence-corrected chi connectivity index (χ0v) is 10.6. The first-order valence-electron chi connectivity index (χ1n) is 5.81. The molecule has 1 atom stereocenters. The van der Waals surface area contributed by atoms with E-state index in [4.69, 9.17) is 16.3 Å². The number of nitrogens with one attached hydrogen (secondary N) is 1. The van der Waals surface area contributed by atoms with Gasteiger partial charge in [0.2, 0.25) is 0 Å². The molecular formula is C13H18ClNO. The molecule has 1 fully saturated rings. The van der Waals surface area contributed by atoms with Crippen LogP contribution in [-0.4, -0.2) is 19.2 Å². The van der Waals surface area contributed by atoms with Gasteiger partial charge in [-0.1, -0.05) is 17.7 Å². The van der Waals surface area contributed by atoms with Gasteiger partial charge in [0.1, 0.15) is 11.9 Å². The molecule has 1 N–H and O–H groups in total. The second kappa shape index (κ2) is 5.07. The molecule has 0 aliphatic carbocycles. The molecule has 1 aromatic rings. The minimum atomic E-state index is 0.257. The summed E-state index contributed by atoms with van der Waals surface area (Å²) in [5.41, 5.74) is 2.30. The number of hydrogen-bond donors (Lipinski definition) is 1. The van der Waals surface area contributed by atoms with Crippen LogP contribution in [0.1, 0.15) is 24.0 Å². The number of benzene rings is 1. The molecule has 0 amide bonds. The van der Waals surface area contributed by atoms with Crippen molar-refractivity contribution in [2.75, 3.05) is 13.1 Å². The summed E-state index contributed by atoms with van der Waals surface area (Å²) in [5, 5.41) is 4.06. The first-order chi connectivity index (χ1) is 7.66. The molecule has 1 aliphatic heterocycles. The van der Waals surface area contributed by atoms with Crippen molar-refractivity contribution in [3.05, 3.63) is 28.3 Å². The molecule has 0 spiro atoms. The van der Waals surface area contributed by atoms with E-state index in [-0.39, 0.29) is 6.10 Å². The van der Waals surface area contributed by atoms with Crippen LogP contribution in [0.5, 0.6) is 5.75 Å². The Morgan fingerprint density at radius 3 is 2.81 bits per heavy atom. The zero-order chi connectivity index (χ0) is 11.5. The quantitative estimate of drug-likeness (QED) is 0.857. The van der Waals surface area contributed by atoms with Crippen LogP contribution < -0.4 is 10.1 Å². The monoisotopic (exact) mass is 239 g/mol. The van der Waals surface area contributed by atoms with E-state index < -0.39 is 0 Å². The van der Waals surface area contributed by atoms with Gasteiger partial charge in [-0.2, -0.15) is 0 Å². The molecule has 16 heavy (non-hydrogen) atoms. The molecular weight excluding hydrogens is 222 g/mol. The van der Waals surface area contributed by atoms with Crippen molar-refractivity contribution in [2.45, 2.75) is 32.8 Å². The lowest BCUT2D eigenvalue weighted by atomic mass is 10.1. The fourth-order valence-corrected chi connectivity index (χ4v) is 2.50. The van der Waals surface area contributed by atoms with Gasteiger partial charge in [0.05, 0.1) is 5.02 Å². The Balaban J connectivity index is 2.14. The molecule has 0 bridgehead atoms. The Morgan fingerprint density at radius 1 is 1.38 bits per heavy atom. The second-order valence-corrected chi connectivity index (χ2v) is 4.89. The van der Waals surface area contributed by atoms with Crippen LogP contribution in [0.2, 0.25) is 5.02 Å². The molecule has 1 aromatic carbocycles. The van der Waals surface area contributed by atoms with Crippen molar-refractivity contribution < 1.29 is 4.74 Å². The van der Waals surface area contributed by atoms with E-state index in [1.807, 2.05) is 19.9 Å². The molecule has 1 saturated heterocycles. The highest BCUT2D eigenvalue weighted by Gasteiger charge is 2.17. The van der Waals surface area contributed by atoms with Crippen LogP contribution in [0.3, 0.4) is 0 Å². The maximum atomic E-state index is 6.21. The normalized spacial score (nSPS) is 20.8. The van der Waals surface area contributed by atoms with Crippen LogP contribution in [0.15, 0.2) is 12.1 Å². The SMILES string of the molecule is Cc1cc(C)c(O[C@H]2CCCNC2)c(Cl)c1. The Hall–Kier alpha value is -0.730. The Labute approximate surface area is 102 Å². The van der Waals surface area contributed by atoms with Gasteiger partial charge < -0.3 is 10.1 Å². The van der Waals surface area contributed by atoms with Gasteiger partial charge in [-0.3, -0.25) is 0 Å². The maximum Gasteiger partial charge on any atom is 0.141 e. The van der Waals surface area contributed by atoms with Gasteiger partial charge >= 0.3 is 0 Å². The Bertz CT molecular complexity index is 349. The van der Waals surface area contributed by atoms with Gasteiger partial charge in [0.25, 0.3) is 0 Å². The van der Waals surface area contributed by atoms with Crippen LogP contribution in [-0.2, 0) is 0 Å². The van der Waals surface area contributed by atoms with Gasteiger partial charge in [0, 0.05) is 6.54 Å². The third kappa shape index (κ3) is 2.69. The number of aryl methyl sites for hydroxylation is 2. The summed E-state index contributed by atoms with van der Waals surface area (Å²) in [6, 6.07) is 4.07. The summed E-state index contributed by atoms with van der Waals surface area (Å²) in [7, 11) is 0. The molecule has 3 heteroatoms. The topological polar surface area (TPSA) is 21.3 Å². The zero-order valence-electron chi connectivity index (χ0n) is 9.85. The maximum absolute atomic E-state index is 6.21. The molecule has 0 saturated carbocycles. The summed E-state index contributed by atoms with van der Waals surface area (Å²) in [6.07, 6.45) is 2.54. The second-order valence-electron chi connectivity index (χ2n) is 4.48. The van der Waals surface area contributed by atoms with E-state index in [0.29, 0.717) is 0 Å². The van der Waals surface area contributed by atoms with Crippen LogP contribution in [0.25, 0.3) is 0 Å². The fourth-order valence-electron chi connectivity index (χ4n) is 2.14. The summed E-state index contributed by atoms with van der Waals surface area (Å²) in [4.78, 5) is 0. The highest BCUT2D eigenvalue weighted by Crippen LogP contribution is 2.31. The van der Waals surface area contributed by atoms with Gasteiger partial charge in [0.15, 0.2) is 0 Å². The van der Waals surface area contributed by atoms with Crippen molar-refractivity contribution in [3.63, 3.8) is 0 Å².